The van der Waals surface area contributed by atoms with Crippen molar-refractivity contribution < 1.29 is 27.9 Å². The number of benzene rings is 2. The number of aryl methyl sites for hydroxylation is 1. The number of urea groups is 1. The third-order valence-corrected chi connectivity index (χ3v) is 6.54. The van der Waals surface area contributed by atoms with Crippen LogP contribution in [0.3, 0.4) is 0 Å². The topological polar surface area (TPSA) is 137 Å². The summed E-state index contributed by atoms with van der Waals surface area (Å²) in [7, 11) is 0. The van der Waals surface area contributed by atoms with Gasteiger partial charge in [-0.25, -0.2) is 14.8 Å². The number of rotatable bonds is 8. The number of carbonyl (C=O) groups is 2. The number of anilines is 4. The van der Waals surface area contributed by atoms with E-state index in [1.54, 1.807) is 19.1 Å². The molecule has 1 aromatic heterocycles. The number of amides is 3. The number of nitrogens with two attached hydrogens (primary N) is 1. The second kappa shape index (κ2) is 12.3. The second-order valence-corrected chi connectivity index (χ2v) is 9.46. The van der Waals surface area contributed by atoms with Gasteiger partial charge in [0.2, 0.25) is 0 Å². The highest BCUT2D eigenvalue weighted by atomic mass is 19.4. The minimum absolute atomic E-state index is 0.156. The van der Waals surface area contributed by atoms with E-state index in [1.165, 1.54) is 29.4 Å². The van der Waals surface area contributed by atoms with Gasteiger partial charge < -0.3 is 21.5 Å². The quantitative estimate of drug-likeness (QED) is 0.321. The number of carbonyl (C=O) groups excluding carboxylic acids is 2. The van der Waals surface area contributed by atoms with E-state index < -0.39 is 29.9 Å². The van der Waals surface area contributed by atoms with Crippen molar-refractivity contribution >= 4 is 34.9 Å². The summed E-state index contributed by atoms with van der Waals surface area (Å²) in [5, 5.41) is 15.5. The van der Waals surface area contributed by atoms with Crippen LogP contribution in [0.2, 0.25) is 0 Å². The van der Waals surface area contributed by atoms with E-state index in [4.69, 9.17) is 5.73 Å². The Hall–Kier alpha value is -4.23. The van der Waals surface area contributed by atoms with Crippen LogP contribution in [-0.2, 0) is 6.18 Å². The maximum atomic E-state index is 13.4. The molecule has 1 aliphatic heterocycles. The molecule has 1 unspecified atom stereocenters. The number of nitrogens with one attached hydrogen (secondary N) is 2. The number of alkyl halides is 3. The number of halogens is 3. The fourth-order valence-corrected chi connectivity index (χ4v) is 4.39. The summed E-state index contributed by atoms with van der Waals surface area (Å²) in [5.74, 6) is -0.249. The molecule has 4 rings (SSSR count). The lowest BCUT2D eigenvalue weighted by Crippen LogP contribution is -2.39. The highest BCUT2D eigenvalue weighted by molar-refractivity contribution is 6.05. The molecule has 3 amide bonds. The van der Waals surface area contributed by atoms with Crippen LogP contribution in [0.4, 0.5) is 41.0 Å². The molecule has 13 heteroatoms. The number of nitrogen functional groups attached to an aromatic ring is 1. The minimum atomic E-state index is -4.58. The Balaban J connectivity index is 1.48. The number of aromatic nitrogens is 2. The molecule has 1 saturated heterocycles. The van der Waals surface area contributed by atoms with Crippen LogP contribution in [0, 0.1) is 6.92 Å². The molecule has 10 nitrogen and oxygen atoms in total. The van der Waals surface area contributed by atoms with E-state index in [0.717, 1.165) is 31.2 Å². The van der Waals surface area contributed by atoms with Gasteiger partial charge in [-0.05, 0) is 62.1 Å². The van der Waals surface area contributed by atoms with Crippen LogP contribution in [0.25, 0.3) is 0 Å². The Kier molecular flexibility index (Phi) is 8.85. The molecule has 0 saturated carbocycles. The van der Waals surface area contributed by atoms with Crippen molar-refractivity contribution in [1.82, 2.24) is 14.9 Å². The smallest absolute Gasteiger partial charge is 0.384 e. The first-order chi connectivity index (χ1) is 19.0. The van der Waals surface area contributed by atoms with E-state index in [-0.39, 0.29) is 23.6 Å². The van der Waals surface area contributed by atoms with Gasteiger partial charge in [-0.2, -0.15) is 13.2 Å². The molecule has 3 aromatic rings. The third-order valence-electron chi connectivity index (χ3n) is 6.54. The SMILES string of the molecule is Cc1ccc(NC(=O)c2cccc(C(F)(F)F)c2)cc1NC(=O)N(CCCN1CCCC1O)c1cc(N)ncn1. The summed E-state index contributed by atoms with van der Waals surface area (Å²) < 4.78 is 39.2. The first kappa shape index (κ1) is 28.8. The van der Waals surface area contributed by atoms with Crippen molar-refractivity contribution in [3.8, 4) is 0 Å². The van der Waals surface area contributed by atoms with Crippen LogP contribution >= 0.6 is 0 Å². The van der Waals surface area contributed by atoms with Gasteiger partial charge >= 0.3 is 12.2 Å². The van der Waals surface area contributed by atoms with Crippen molar-refractivity contribution in [3.63, 3.8) is 0 Å². The Morgan fingerprint density at radius 3 is 2.65 bits per heavy atom. The summed E-state index contributed by atoms with van der Waals surface area (Å²) >= 11 is 0. The summed E-state index contributed by atoms with van der Waals surface area (Å²) in [6.45, 7) is 3.40. The van der Waals surface area contributed by atoms with E-state index in [2.05, 4.69) is 20.6 Å². The largest absolute Gasteiger partial charge is 0.416 e. The van der Waals surface area contributed by atoms with Crippen LogP contribution in [-0.4, -0.2) is 57.8 Å². The van der Waals surface area contributed by atoms with Crippen molar-refractivity contribution in [2.75, 3.05) is 40.9 Å². The molecule has 2 heterocycles. The van der Waals surface area contributed by atoms with Crippen LogP contribution < -0.4 is 21.3 Å². The average molecular weight is 558 g/mol. The van der Waals surface area contributed by atoms with Gasteiger partial charge in [0.05, 0.1) is 5.56 Å². The van der Waals surface area contributed by atoms with Gasteiger partial charge in [-0.1, -0.05) is 12.1 Å². The molecular weight excluding hydrogens is 527 g/mol. The van der Waals surface area contributed by atoms with Crippen molar-refractivity contribution in [2.45, 2.75) is 38.6 Å². The molecular formula is C27H30F3N7O3. The molecule has 2 aromatic carbocycles. The molecule has 212 valence electrons. The summed E-state index contributed by atoms with van der Waals surface area (Å²) in [6.07, 6.45) is -1.63. The number of aliphatic hydroxyl groups excluding tert-OH is 1. The molecule has 5 N–H and O–H groups in total. The Labute approximate surface area is 229 Å². The number of hydrogen-bond acceptors (Lipinski definition) is 7. The molecule has 0 aliphatic carbocycles. The van der Waals surface area contributed by atoms with Crippen LogP contribution in [0.1, 0.15) is 40.7 Å². The van der Waals surface area contributed by atoms with Gasteiger partial charge in [0.1, 0.15) is 24.2 Å². The molecule has 0 bridgehead atoms. The molecule has 0 spiro atoms. The first-order valence-corrected chi connectivity index (χ1v) is 12.7. The number of hydrogen-bond donors (Lipinski definition) is 4. The number of aliphatic hydroxyl groups is 1. The number of nitrogens with zero attached hydrogens (tertiary/aromatic N) is 4. The van der Waals surface area contributed by atoms with Gasteiger partial charge in [0.15, 0.2) is 0 Å². The van der Waals surface area contributed by atoms with Crippen molar-refractivity contribution in [1.29, 1.82) is 0 Å². The highest BCUT2D eigenvalue weighted by Crippen LogP contribution is 2.30. The Morgan fingerprint density at radius 2 is 1.95 bits per heavy atom. The normalized spacial score (nSPS) is 15.6. The van der Waals surface area contributed by atoms with Crippen molar-refractivity contribution in [2.24, 2.45) is 0 Å². The summed E-state index contributed by atoms with van der Waals surface area (Å²) in [4.78, 5) is 37.5. The number of likely N-dealkylation sites (tertiary alicyclic amines) is 1. The zero-order valence-corrected chi connectivity index (χ0v) is 21.8. The lowest BCUT2D eigenvalue weighted by atomic mass is 10.1. The standard InChI is InChI=1S/C27H30F3N7O3/c1-17-8-9-20(34-25(39)18-5-2-6-19(13-18)27(28,29)30)14-21(17)35-26(40)37(23-15-22(31)32-16-33-23)12-4-11-36-10-3-7-24(36)38/h2,5-6,8-9,13-16,24,38H,3-4,7,10-12H2,1H3,(H,34,39)(H,35,40)(H2,31,32,33). The maximum Gasteiger partial charge on any atom is 0.416 e. The van der Waals surface area contributed by atoms with E-state index in [1.807, 2.05) is 4.90 Å². The highest BCUT2D eigenvalue weighted by Gasteiger charge is 2.31. The Bertz CT molecular complexity index is 1370. The van der Waals surface area contributed by atoms with E-state index >= 15 is 0 Å². The van der Waals surface area contributed by atoms with E-state index in [0.29, 0.717) is 36.5 Å². The predicted molar refractivity (Wildman–Crippen MR) is 145 cm³/mol. The summed E-state index contributed by atoms with van der Waals surface area (Å²) in [6, 6.07) is 9.85. The monoisotopic (exact) mass is 557 g/mol. The predicted octanol–water partition coefficient (Wildman–Crippen LogP) is 4.48. The summed E-state index contributed by atoms with van der Waals surface area (Å²) in [5.41, 5.74) is 6.08. The molecule has 1 aliphatic rings. The lowest BCUT2D eigenvalue weighted by molar-refractivity contribution is -0.137. The molecule has 1 atom stereocenters. The first-order valence-electron chi connectivity index (χ1n) is 12.7. The average Bonchev–Trinajstić information content (AvgIpc) is 3.32. The van der Waals surface area contributed by atoms with Gasteiger partial charge in [0, 0.05) is 42.6 Å². The fraction of sp³-hybridized carbons (Fsp3) is 0.333. The zero-order chi connectivity index (χ0) is 28.9. The van der Waals surface area contributed by atoms with E-state index in [9.17, 15) is 27.9 Å². The Morgan fingerprint density at radius 1 is 1.15 bits per heavy atom. The molecule has 40 heavy (non-hydrogen) atoms. The van der Waals surface area contributed by atoms with Crippen molar-refractivity contribution in [3.05, 3.63) is 71.5 Å². The maximum absolute atomic E-state index is 13.4. The lowest BCUT2D eigenvalue weighted by Gasteiger charge is -2.25. The van der Waals surface area contributed by atoms with Crippen LogP contribution in [0.15, 0.2) is 54.9 Å². The third kappa shape index (κ3) is 7.24. The van der Waals surface area contributed by atoms with Gasteiger partial charge in [-0.3, -0.25) is 14.6 Å². The fourth-order valence-electron chi connectivity index (χ4n) is 4.39. The van der Waals surface area contributed by atoms with Gasteiger partial charge in [0.25, 0.3) is 5.91 Å². The second-order valence-electron chi connectivity index (χ2n) is 9.46. The minimum Gasteiger partial charge on any atom is -0.384 e. The van der Waals surface area contributed by atoms with Crippen LogP contribution in [0.5, 0.6) is 0 Å². The zero-order valence-electron chi connectivity index (χ0n) is 21.8. The molecule has 1 fully saturated rings. The van der Waals surface area contributed by atoms with Gasteiger partial charge in [-0.15, -0.1) is 0 Å². The molecule has 0 radical (unpaired) electrons.